The zero-order chi connectivity index (χ0) is 11.9. The second kappa shape index (κ2) is 7.03. The Morgan fingerprint density at radius 1 is 1.18 bits per heavy atom. The highest BCUT2D eigenvalue weighted by Gasteiger charge is 2.20. The maximum absolute atomic E-state index is 5.89. The molecule has 1 saturated heterocycles. The zero-order valence-corrected chi connectivity index (χ0v) is 11.2. The molecule has 1 nitrogen and oxygen atoms in total. The van der Waals surface area contributed by atoms with Crippen LogP contribution in [0.5, 0.6) is 0 Å². The molecule has 0 aliphatic carbocycles. The molecule has 0 bridgehead atoms. The maximum atomic E-state index is 5.89. The third-order valence-corrected chi connectivity index (χ3v) is 4.06. The Bertz CT molecular complexity index is 312. The van der Waals surface area contributed by atoms with Crippen LogP contribution in [0.3, 0.4) is 0 Å². The molecule has 0 saturated carbocycles. The maximum Gasteiger partial charge on any atom is 0.0264 e. The van der Waals surface area contributed by atoms with Crippen molar-refractivity contribution in [3.05, 3.63) is 35.9 Å². The van der Waals surface area contributed by atoms with Crippen LogP contribution in [0.1, 0.15) is 24.8 Å². The first-order valence-electron chi connectivity index (χ1n) is 6.70. The Kier molecular flexibility index (Phi) is 5.34. The second-order valence-corrected chi connectivity index (χ2v) is 5.36. The van der Waals surface area contributed by atoms with Crippen LogP contribution < -0.4 is 0 Å². The second-order valence-electron chi connectivity index (χ2n) is 5.05. The summed E-state index contributed by atoms with van der Waals surface area (Å²) in [4.78, 5) is 2.57. The summed E-state index contributed by atoms with van der Waals surface area (Å²) in [6.07, 6.45) is 5.12. The number of unbranched alkanes of at least 4 members (excludes halogenated alkanes) is 1. The van der Waals surface area contributed by atoms with Crippen molar-refractivity contribution in [3.8, 4) is 0 Å². The molecule has 1 atom stereocenters. The number of alkyl halides is 1. The molecule has 17 heavy (non-hydrogen) atoms. The fourth-order valence-corrected chi connectivity index (χ4v) is 2.80. The van der Waals surface area contributed by atoms with E-state index in [2.05, 4.69) is 35.2 Å². The third-order valence-electron chi connectivity index (χ3n) is 3.62. The molecule has 0 spiro atoms. The summed E-state index contributed by atoms with van der Waals surface area (Å²) in [6, 6.07) is 10.8. The zero-order valence-electron chi connectivity index (χ0n) is 10.4. The molecule has 1 aromatic carbocycles. The number of hydrogen-bond donors (Lipinski definition) is 0. The average molecular weight is 252 g/mol. The van der Waals surface area contributed by atoms with E-state index in [1.54, 1.807) is 0 Å². The van der Waals surface area contributed by atoms with Gasteiger partial charge in [0.1, 0.15) is 0 Å². The summed E-state index contributed by atoms with van der Waals surface area (Å²) >= 11 is 5.89. The lowest BCUT2D eigenvalue weighted by molar-refractivity contribution is 0.320. The van der Waals surface area contributed by atoms with E-state index in [0.717, 1.165) is 11.8 Å². The summed E-state index contributed by atoms with van der Waals surface area (Å²) in [7, 11) is 0. The number of likely N-dealkylation sites (tertiary alicyclic amines) is 1. The van der Waals surface area contributed by atoms with Crippen molar-refractivity contribution in [2.24, 2.45) is 5.92 Å². The van der Waals surface area contributed by atoms with E-state index in [4.69, 9.17) is 11.6 Å². The van der Waals surface area contributed by atoms with Crippen molar-refractivity contribution in [2.75, 3.05) is 25.5 Å². The average Bonchev–Trinajstić information content (AvgIpc) is 2.84. The van der Waals surface area contributed by atoms with E-state index in [1.165, 1.54) is 50.9 Å². The van der Waals surface area contributed by atoms with Gasteiger partial charge in [0.15, 0.2) is 0 Å². The quantitative estimate of drug-likeness (QED) is 0.552. The van der Waals surface area contributed by atoms with Gasteiger partial charge in [0, 0.05) is 12.4 Å². The number of nitrogens with zero attached hydrogens (tertiary/aromatic N) is 1. The largest absolute Gasteiger partial charge is 0.303 e. The lowest BCUT2D eigenvalue weighted by Crippen LogP contribution is -2.22. The molecule has 0 N–H and O–H groups in total. The van der Waals surface area contributed by atoms with Crippen LogP contribution in [0.25, 0.3) is 0 Å². The molecule has 0 aromatic heterocycles. The minimum Gasteiger partial charge on any atom is -0.303 e. The van der Waals surface area contributed by atoms with Crippen LogP contribution >= 0.6 is 11.6 Å². The van der Waals surface area contributed by atoms with E-state index in [-0.39, 0.29) is 0 Å². The van der Waals surface area contributed by atoms with Gasteiger partial charge in [-0.3, -0.25) is 0 Å². The van der Waals surface area contributed by atoms with Crippen molar-refractivity contribution in [2.45, 2.75) is 25.7 Å². The van der Waals surface area contributed by atoms with Crippen LogP contribution in [0.4, 0.5) is 0 Å². The summed E-state index contributed by atoms with van der Waals surface area (Å²) in [6.45, 7) is 3.72. The Balaban J connectivity index is 1.58. The molecule has 1 fully saturated rings. The normalized spacial score (nSPS) is 20.9. The van der Waals surface area contributed by atoms with Crippen LogP contribution in [0.15, 0.2) is 30.3 Å². The van der Waals surface area contributed by atoms with Gasteiger partial charge in [0.2, 0.25) is 0 Å². The van der Waals surface area contributed by atoms with E-state index in [9.17, 15) is 0 Å². The Hall–Kier alpha value is -0.530. The molecular weight excluding hydrogens is 230 g/mol. The van der Waals surface area contributed by atoms with Gasteiger partial charge in [0.05, 0.1) is 0 Å². The van der Waals surface area contributed by atoms with Gasteiger partial charge in [-0.2, -0.15) is 0 Å². The summed E-state index contributed by atoms with van der Waals surface area (Å²) in [5.74, 6) is 1.58. The van der Waals surface area contributed by atoms with Gasteiger partial charge in [-0.1, -0.05) is 30.3 Å². The van der Waals surface area contributed by atoms with Crippen molar-refractivity contribution in [1.82, 2.24) is 4.90 Å². The molecule has 94 valence electrons. The van der Waals surface area contributed by atoms with Crippen molar-refractivity contribution in [1.29, 1.82) is 0 Å². The third kappa shape index (κ3) is 4.33. The predicted molar refractivity (Wildman–Crippen MR) is 74.6 cm³/mol. The summed E-state index contributed by atoms with van der Waals surface area (Å²) in [5.41, 5.74) is 1.47. The van der Waals surface area contributed by atoms with E-state index >= 15 is 0 Å². The predicted octanol–water partition coefficient (Wildman–Crippen LogP) is 3.57. The fourth-order valence-electron chi connectivity index (χ4n) is 2.55. The lowest BCUT2D eigenvalue weighted by atomic mass is 10.1. The highest BCUT2D eigenvalue weighted by molar-refractivity contribution is 6.18. The molecule has 0 radical (unpaired) electrons. The number of rotatable bonds is 6. The van der Waals surface area contributed by atoms with Crippen molar-refractivity contribution < 1.29 is 0 Å². The smallest absolute Gasteiger partial charge is 0.0264 e. The molecule has 1 aliphatic rings. The minimum absolute atomic E-state index is 0.741. The van der Waals surface area contributed by atoms with E-state index < -0.39 is 0 Å². The topological polar surface area (TPSA) is 3.24 Å². The molecular formula is C15H22ClN. The Labute approximate surface area is 110 Å². The first-order valence-corrected chi connectivity index (χ1v) is 7.24. The van der Waals surface area contributed by atoms with Crippen LogP contribution in [0.2, 0.25) is 0 Å². The lowest BCUT2D eigenvalue weighted by Gasteiger charge is -2.15. The molecule has 1 aromatic rings. The van der Waals surface area contributed by atoms with Gasteiger partial charge in [-0.25, -0.2) is 0 Å². The first kappa shape index (κ1) is 12.9. The summed E-state index contributed by atoms with van der Waals surface area (Å²) in [5, 5.41) is 0. The molecule has 1 aliphatic heterocycles. The number of hydrogen-bond acceptors (Lipinski definition) is 1. The van der Waals surface area contributed by atoms with Crippen molar-refractivity contribution in [3.63, 3.8) is 0 Å². The monoisotopic (exact) mass is 251 g/mol. The van der Waals surface area contributed by atoms with Gasteiger partial charge in [0.25, 0.3) is 0 Å². The highest BCUT2D eigenvalue weighted by Crippen LogP contribution is 2.17. The van der Waals surface area contributed by atoms with E-state index in [0.29, 0.717) is 0 Å². The number of aryl methyl sites for hydroxylation is 1. The van der Waals surface area contributed by atoms with Crippen LogP contribution in [-0.2, 0) is 6.42 Å². The minimum atomic E-state index is 0.741. The SMILES string of the molecule is ClCC1CCN(CCCCc2ccccc2)C1. The fraction of sp³-hybridized carbons (Fsp3) is 0.600. The van der Waals surface area contributed by atoms with E-state index in [1.807, 2.05) is 0 Å². The Morgan fingerprint density at radius 2 is 2.00 bits per heavy atom. The molecule has 1 heterocycles. The van der Waals surface area contributed by atoms with Gasteiger partial charge >= 0.3 is 0 Å². The van der Waals surface area contributed by atoms with Crippen LogP contribution in [-0.4, -0.2) is 30.4 Å². The van der Waals surface area contributed by atoms with Gasteiger partial charge in [-0.05, 0) is 50.3 Å². The summed E-state index contributed by atoms with van der Waals surface area (Å²) < 4.78 is 0. The first-order chi connectivity index (χ1) is 8.38. The Morgan fingerprint density at radius 3 is 2.71 bits per heavy atom. The molecule has 2 rings (SSSR count). The molecule has 0 amide bonds. The van der Waals surface area contributed by atoms with Crippen molar-refractivity contribution >= 4 is 11.6 Å². The molecule has 2 heteroatoms. The molecule has 1 unspecified atom stereocenters. The highest BCUT2D eigenvalue weighted by atomic mass is 35.5. The number of benzene rings is 1. The van der Waals surface area contributed by atoms with Gasteiger partial charge < -0.3 is 4.90 Å². The standard InChI is InChI=1S/C15H22ClN/c16-12-15-9-11-17(13-15)10-5-4-8-14-6-2-1-3-7-14/h1-3,6-7,15H,4-5,8-13H2. The van der Waals surface area contributed by atoms with Gasteiger partial charge in [-0.15, -0.1) is 11.6 Å². The number of halogens is 1. The van der Waals surface area contributed by atoms with Crippen LogP contribution in [0, 0.1) is 5.92 Å².